The van der Waals surface area contributed by atoms with Gasteiger partial charge < -0.3 is 14.8 Å². The second kappa shape index (κ2) is 9.64. The smallest absolute Gasteiger partial charge is 0.278 e. The Morgan fingerprint density at radius 1 is 0.935 bits per heavy atom. The van der Waals surface area contributed by atoms with Crippen molar-refractivity contribution in [3.05, 3.63) is 59.5 Å². The quantitative estimate of drug-likeness (QED) is 0.599. The number of benzene rings is 2. The van der Waals surface area contributed by atoms with E-state index in [1.165, 1.54) is 29.2 Å². The van der Waals surface area contributed by atoms with Crippen molar-refractivity contribution in [2.75, 3.05) is 25.1 Å². The van der Waals surface area contributed by atoms with Crippen LogP contribution in [0.5, 0.6) is 11.5 Å². The van der Waals surface area contributed by atoms with Gasteiger partial charge in [-0.1, -0.05) is 26.0 Å². The summed E-state index contributed by atoms with van der Waals surface area (Å²) in [7, 11) is 0. The maximum absolute atomic E-state index is 13.4. The zero-order valence-corrected chi connectivity index (χ0v) is 18.2. The van der Waals surface area contributed by atoms with Gasteiger partial charge in [-0.05, 0) is 49.6 Å². The summed E-state index contributed by atoms with van der Waals surface area (Å²) in [5, 5.41) is 3.09. The average molecular weight is 426 g/mol. The number of carbonyl (C=O) groups excluding carboxylic acids is 2. The molecule has 0 radical (unpaired) electrons. The molecule has 0 spiro atoms. The summed E-state index contributed by atoms with van der Waals surface area (Å²) in [6, 6.07) is 10.8. The SMILES string of the molecule is CCOc1ccc(NC2=C(c3ccc(F)cc3)C(=O)N(CC(C)C)C2=O)cc1OCC. The maximum Gasteiger partial charge on any atom is 0.278 e. The Kier molecular flexibility index (Phi) is 6.95. The normalized spacial score (nSPS) is 13.9. The minimum atomic E-state index is -0.414. The minimum absolute atomic E-state index is 0.108. The van der Waals surface area contributed by atoms with E-state index < -0.39 is 17.6 Å². The van der Waals surface area contributed by atoms with Gasteiger partial charge in [0.1, 0.15) is 11.5 Å². The number of carbonyl (C=O) groups is 2. The molecule has 1 heterocycles. The second-order valence-electron chi connectivity index (χ2n) is 7.52. The van der Waals surface area contributed by atoms with E-state index >= 15 is 0 Å². The highest BCUT2D eigenvalue weighted by atomic mass is 19.1. The molecule has 0 bridgehead atoms. The topological polar surface area (TPSA) is 67.9 Å². The third-order valence-corrected chi connectivity index (χ3v) is 4.66. The largest absolute Gasteiger partial charge is 0.490 e. The van der Waals surface area contributed by atoms with Gasteiger partial charge in [0.05, 0.1) is 18.8 Å². The van der Waals surface area contributed by atoms with Crippen LogP contribution in [0.4, 0.5) is 10.1 Å². The number of anilines is 1. The van der Waals surface area contributed by atoms with Gasteiger partial charge in [0, 0.05) is 18.3 Å². The molecular formula is C24H27FN2O4. The zero-order chi connectivity index (χ0) is 22.5. The van der Waals surface area contributed by atoms with Gasteiger partial charge in [-0.15, -0.1) is 0 Å². The van der Waals surface area contributed by atoms with Crippen LogP contribution in [0.2, 0.25) is 0 Å². The molecule has 31 heavy (non-hydrogen) atoms. The molecule has 0 saturated carbocycles. The number of imide groups is 1. The van der Waals surface area contributed by atoms with Crippen molar-refractivity contribution < 1.29 is 23.5 Å². The van der Waals surface area contributed by atoms with E-state index in [0.717, 1.165) is 0 Å². The molecule has 2 aromatic carbocycles. The molecule has 6 nitrogen and oxygen atoms in total. The van der Waals surface area contributed by atoms with Crippen molar-refractivity contribution in [2.45, 2.75) is 27.7 Å². The minimum Gasteiger partial charge on any atom is -0.490 e. The standard InChI is InChI=1S/C24H27FN2O4/c1-5-30-19-12-11-18(13-20(19)31-6-2)26-22-21(16-7-9-17(25)10-8-16)23(28)27(24(22)29)14-15(3)4/h7-13,15,26H,5-6,14H2,1-4H3. The summed E-state index contributed by atoms with van der Waals surface area (Å²) in [6.07, 6.45) is 0. The van der Waals surface area contributed by atoms with Crippen LogP contribution in [0.1, 0.15) is 33.3 Å². The van der Waals surface area contributed by atoms with Crippen LogP contribution in [-0.4, -0.2) is 36.5 Å². The Balaban J connectivity index is 2.03. The van der Waals surface area contributed by atoms with Crippen LogP contribution in [0.25, 0.3) is 5.57 Å². The van der Waals surface area contributed by atoms with Gasteiger partial charge in [0.25, 0.3) is 11.8 Å². The molecular weight excluding hydrogens is 399 g/mol. The highest BCUT2D eigenvalue weighted by molar-refractivity contribution is 6.36. The molecule has 3 rings (SSSR count). The van der Waals surface area contributed by atoms with Crippen molar-refractivity contribution in [2.24, 2.45) is 5.92 Å². The van der Waals surface area contributed by atoms with Crippen LogP contribution in [0, 0.1) is 11.7 Å². The predicted octanol–water partition coefficient (Wildman–Crippen LogP) is 4.47. The molecule has 1 aliphatic heterocycles. The Morgan fingerprint density at radius 3 is 2.19 bits per heavy atom. The highest BCUT2D eigenvalue weighted by Gasteiger charge is 2.39. The lowest BCUT2D eigenvalue weighted by Gasteiger charge is -2.17. The molecule has 1 N–H and O–H groups in total. The third-order valence-electron chi connectivity index (χ3n) is 4.66. The lowest BCUT2D eigenvalue weighted by molar-refractivity contribution is -0.137. The van der Waals surface area contributed by atoms with E-state index in [2.05, 4.69) is 5.32 Å². The van der Waals surface area contributed by atoms with Crippen LogP contribution >= 0.6 is 0 Å². The monoisotopic (exact) mass is 426 g/mol. The number of rotatable bonds is 9. The number of hydrogen-bond acceptors (Lipinski definition) is 5. The van der Waals surface area contributed by atoms with Crippen molar-refractivity contribution in [1.29, 1.82) is 0 Å². The Morgan fingerprint density at radius 2 is 1.58 bits per heavy atom. The van der Waals surface area contributed by atoms with Crippen LogP contribution < -0.4 is 14.8 Å². The van der Waals surface area contributed by atoms with E-state index in [1.54, 1.807) is 18.2 Å². The van der Waals surface area contributed by atoms with Crippen LogP contribution in [0.3, 0.4) is 0 Å². The molecule has 7 heteroatoms. The molecule has 0 aliphatic carbocycles. The first-order valence-electron chi connectivity index (χ1n) is 10.4. The maximum atomic E-state index is 13.4. The van der Waals surface area contributed by atoms with E-state index in [-0.39, 0.29) is 17.2 Å². The van der Waals surface area contributed by atoms with Crippen molar-refractivity contribution in [3.8, 4) is 11.5 Å². The zero-order valence-electron chi connectivity index (χ0n) is 18.2. The third kappa shape index (κ3) is 4.87. The summed E-state index contributed by atoms with van der Waals surface area (Å²) in [4.78, 5) is 27.5. The van der Waals surface area contributed by atoms with Gasteiger partial charge in [-0.3, -0.25) is 14.5 Å². The van der Waals surface area contributed by atoms with Gasteiger partial charge in [-0.2, -0.15) is 0 Å². The molecule has 164 valence electrons. The van der Waals surface area contributed by atoms with Gasteiger partial charge in [-0.25, -0.2) is 4.39 Å². The number of halogens is 1. The summed E-state index contributed by atoms with van der Waals surface area (Å²) in [5.41, 5.74) is 1.43. The number of hydrogen-bond donors (Lipinski definition) is 1. The van der Waals surface area contributed by atoms with Gasteiger partial charge >= 0.3 is 0 Å². The van der Waals surface area contributed by atoms with E-state index in [9.17, 15) is 14.0 Å². The molecule has 0 fully saturated rings. The Bertz CT molecular complexity index is 999. The lowest BCUT2D eigenvalue weighted by Crippen LogP contribution is -2.35. The first-order valence-corrected chi connectivity index (χ1v) is 10.4. The molecule has 2 aromatic rings. The number of ether oxygens (including phenoxy) is 2. The fraction of sp³-hybridized carbons (Fsp3) is 0.333. The Hall–Kier alpha value is -3.35. The summed E-state index contributed by atoms with van der Waals surface area (Å²) < 4.78 is 24.7. The van der Waals surface area contributed by atoms with Crippen molar-refractivity contribution >= 4 is 23.1 Å². The highest BCUT2D eigenvalue weighted by Crippen LogP contribution is 2.34. The summed E-state index contributed by atoms with van der Waals surface area (Å²) in [6.45, 7) is 8.86. The molecule has 1 aliphatic rings. The molecule has 0 unspecified atom stereocenters. The first-order chi connectivity index (χ1) is 14.8. The lowest BCUT2D eigenvalue weighted by atomic mass is 10.0. The van der Waals surface area contributed by atoms with Crippen molar-refractivity contribution in [1.82, 2.24) is 4.90 Å². The number of nitrogens with one attached hydrogen (secondary N) is 1. The average Bonchev–Trinajstić information content (AvgIpc) is 2.95. The van der Waals surface area contributed by atoms with Crippen molar-refractivity contribution in [3.63, 3.8) is 0 Å². The predicted molar refractivity (Wildman–Crippen MR) is 117 cm³/mol. The fourth-order valence-corrected chi connectivity index (χ4v) is 3.38. The second-order valence-corrected chi connectivity index (χ2v) is 7.52. The molecule has 0 saturated heterocycles. The van der Waals surface area contributed by atoms with E-state index in [1.807, 2.05) is 27.7 Å². The summed E-state index contributed by atoms with van der Waals surface area (Å²) >= 11 is 0. The molecule has 0 aromatic heterocycles. The molecule has 0 atom stereocenters. The van der Waals surface area contributed by atoms with E-state index in [4.69, 9.17) is 9.47 Å². The number of amides is 2. The van der Waals surface area contributed by atoms with Gasteiger partial charge in [0.15, 0.2) is 11.5 Å². The fourth-order valence-electron chi connectivity index (χ4n) is 3.38. The summed E-state index contributed by atoms with van der Waals surface area (Å²) in [5.74, 6) is 0.0138. The molecule has 2 amide bonds. The van der Waals surface area contributed by atoms with Crippen LogP contribution in [-0.2, 0) is 9.59 Å². The number of nitrogens with zero attached hydrogens (tertiary/aromatic N) is 1. The Labute approximate surface area is 181 Å². The van der Waals surface area contributed by atoms with E-state index in [0.29, 0.717) is 42.5 Å². The first kappa shape index (κ1) is 22.3. The van der Waals surface area contributed by atoms with Gasteiger partial charge in [0.2, 0.25) is 0 Å². The van der Waals surface area contributed by atoms with Crippen LogP contribution in [0.15, 0.2) is 48.2 Å².